The summed E-state index contributed by atoms with van der Waals surface area (Å²) >= 11 is 0. The second kappa shape index (κ2) is 6.58. The normalized spacial score (nSPS) is 9.76. The number of ether oxygens (including phenoxy) is 1. The Kier molecular flexibility index (Phi) is 4.57. The number of anilines is 1. The maximum absolute atomic E-state index is 12.1. The van der Waals surface area contributed by atoms with Crippen LogP contribution in [0.5, 0.6) is 5.75 Å². The van der Waals surface area contributed by atoms with Gasteiger partial charge < -0.3 is 10.1 Å². The zero-order chi connectivity index (χ0) is 15.2. The fourth-order valence-electron chi connectivity index (χ4n) is 2.07. The highest BCUT2D eigenvalue weighted by Crippen LogP contribution is 2.25. The van der Waals surface area contributed by atoms with Crippen LogP contribution in [0.3, 0.4) is 0 Å². The molecule has 0 aliphatic heterocycles. The Morgan fingerprint density at radius 3 is 2.76 bits per heavy atom. The summed E-state index contributed by atoms with van der Waals surface area (Å²) in [6.45, 7) is 1.99. The van der Waals surface area contributed by atoms with Gasteiger partial charge in [-0.15, -0.1) is 0 Å². The topological polar surface area (TPSA) is 62.1 Å². The third-order valence-electron chi connectivity index (χ3n) is 3.05. The van der Waals surface area contributed by atoms with Gasteiger partial charge in [0.1, 0.15) is 5.75 Å². The van der Waals surface area contributed by atoms with Crippen LogP contribution in [0.25, 0.3) is 0 Å². The highest BCUT2D eigenvalue weighted by molar-refractivity contribution is 5.93. The minimum Gasteiger partial charge on any atom is -0.495 e. The fourth-order valence-corrected chi connectivity index (χ4v) is 2.07. The Morgan fingerprint density at radius 2 is 2.10 bits per heavy atom. The zero-order valence-electron chi connectivity index (χ0n) is 12.0. The molecule has 21 heavy (non-hydrogen) atoms. The van der Waals surface area contributed by atoms with E-state index in [1.54, 1.807) is 18.2 Å². The van der Waals surface area contributed by atoms with Crippen molar-refractivity contribution in [2.45, 2.75) is 13.3 Å². The van der Waals surface area contributed by atoms with E-state index in [0.29, 0.717) is 23.4 Å². The molecule has 0 fully saturated rings. The number of benzene rings is 2. The molecule has 0 unspecified atom stereocenters. The summed E-state index contributed by atoms with van der Waals surface area (Å²) in [7, 11) is 1.51. The number of nitrogens with zero attached hydrogens (tertiary/aromatic N) is 1. The number of hydrogen-bond acceptors (Lipinski definition) is 3. The number of hydrogen-bond donors (Lipinski definition) is 1. The second-order valence-electron chi connectivity index (χ2n) is 4.74. The SMILES string of the molecule is COc1cc(C#N)ccc1NC(=O)Cc1cccc(C)c1. The van der Waals surface area contributed by atoms with Crippen molar-refractivity contribution in [3.05, 3.63) is 59.2 Å². The van der Waals surface area contributed by atoms with Gasteiger partial charge in [0.15, 0.2) is 0 Å². The van der Waals surface area contributed by atoms with Gasteiger partial charge in [-0.3, -0.25) is 4.79 Å². The molecular formula is C17H16N2O2. The van der Waals surface area contributed by atoms with Crippen molar-refractivity contribution in [3.63, 3.8) is 0 Å². The van der Waals surface area contributed by atoms with Crippen LogP contribution in [0.4, 0.5) is 5.69 Å². The molecule has 0 spiro atoms. The molecule has 0 radical (unpaired) electrons. The van der Waals surface area contributed by atoms with Crippen LogP contribution in [-0.2, 0) is 11.2 Å². The van der Waals surface area contributed by atoms with Crippen LogP contribution >= 0.6 is 0 Å². The third-order valence-corrected chi connectivity index (χ3v) is 3.05. The number of aryl methyl sites for hydroxylation is 1. The second-order valence-corrected chi connectivity index (χ2v) is 4.74. The highest BCUT2D eigenvalue weighted by Gasteiger charge is 2.09. The van der Waals surface area contributed by atoms with Crippen LogP contribution in [0, 0.1) is 18.3 Å². The number of nitriles is 1. The predicted molar refractivity (Wildman–Crippen MR) is 81.2 cm³/mol. The highest BCUT2D eigenvalue weighted by atomic mass is 16.5. The monoisotopic (exact) mass is 280 g/mol. The van der Waals surface area contributed by atoms with Crippen LogP contribution in [0.1, 0.15) is 16.7 Å². The molecule has 1 N–H and O–H groups in total. The van der Waals surface area contributed by atoms with Crippen molar-refractivity contribution in [3.8, 4) is 11.8 Å². The third kappa shape index (κ3) is 3.83. The zero-order valence-corrected chi connectivity index (χ0v) is 12.0. The molecule has 0 saturated heterocycles. The number of rotatable bonds is 4. The van der Waals surface area contributed by atoms with Gasteiger partial charge in [-0.25, -0.2) is 0 Å². The Labute approximate surface area is 124 Å². The van der Waals surface area contributed by atoms with Crippen molar-refractivity contribution < 1.29 is 9.53 Å². The largest absolute Gasteiger partial charge is 0.495 e. The molecule has 0 heterocycles. The minimum absolute atomic E-state index is 0.122. The first-order valence-corrected chi connectivity index (χ1v) is 6.56. The van der Waals surface area contributed by atoms with Crippen molar-refractivity contribution in [2.75, 3.05) is 12.4 Å². The van der Waals surface area contributed by atoms with Crippen molar-refractivity contribution in [1.82, 2.24) is 0 Å². The predicted octanol–water partition coefficient (Wildman–Crippen LogP) is 3.06. The molecule has 0 aromatic heterocycles. The average molecular weight is 280 g/mol. The number of nitrogens with one attached hydrogen (secondary N) is 1. The summed E-state index contributed by atoms with van der Waals surface area (Å²) in [5.74, 6) is 0.357. The van der Waals surface area contributed by atoms with E-state index in [1.807, 2.05) is 37.3 Å². The molecule has 106 valence electrons. The van der Waals surface area contributed by atoms with Gasteiger partial charge >= 0.3 is 0 Å². The lowest BCUT2D eigenvalue weighted by molar-refractivity contribution is -0.115. The standard InChI is InChI=1S/C17H16N2O2/c1-12-4-3-5-13(8-12)10-17(20)19-15-7-6-14(11-18)9-16(15)21-2/h3-9H,10H2,1-2H3,(H,19,20). The van der Waals surface area contributed by atoms with E-state index in [2.05, 4.69) is 5.32 Å². The van der Waals surface area contributed by atoms with E-state index in [-0.39, 0.29) is 5.91 Å². The lowest BCUT2D eigenvalue weighted by Crippen LogP contribution is -2.15. The molecule has 4 nitrogen and oxygen atoms in total. The molecular weight excluding hydrogens is 264 g/mol. The molecule has 4 heteroatoms. The molecule has 0 aliphatic carbocycles. The molecule has 0 saturated carbocycles. The molecule has 0 aliphatic rings. The van der Waals surface area contributed by atoms with E-state index in [4.69, 9.17) is 10.00 Å². The molecule has 0 bridgehead atoms. The number of carbonyl (C=O) groups excluding carboxylic acids is 1. The number of amides is 1. The minimum atomic E-state index is -0.122. The summed E-state index contributed by atoms with van der Waals surface area (Å²) in [4.78, 5) is 12.1. The summed E-state index contributed by atoms with van der Waals surface area (Å²) in [6, 6.07) is 14.8. The van der Waals surface area contributed by atoms with Gasteiger partial charge in [0.25, 0.3) is 0 Å². The fraction of sp³-hybridized carbons (Fsp3) is 0.176. The molecule has 2 aromatic rings. The quantitative estimate of drug-likeness (QED) is 0.936. The van der Waals surface area contributed by atoms with Crippen molar-refractivity contribution >= 4 is 11.6 Å². The summed E-state index contributed by atoms with van der Waals surface area (Å²) in [5, 5.41) is 11.7. The summed E-state index contributed by atoms with van der Waals surface area (Å²) in [6.07, 6.45) is 0.296. The first-order chi connectivity index (χ1) is 10.1. The lowest BCUT2D eigenvalue weighted by atomic mass is 10.1. The van der Waals surface area contributed by atoms with Crippen molar-refractivity contribution in [1.29, 1.82) is 5.26 Å². The number of methoxy groups -OCH3 is 1. The van der Waals surface area contributed by atoms with Gasteiger partial charge in [-0.2, -0.15) is 5.26 Å². The first kappa shape index (κ1) is 14.6. The average Bonchev–Trinajstić information content (AvgIpc) is 2.47. The van der Waals surface area contributed by atoms with Gasteiger partial charge in [0.05, 0.1) is 30.9 Å². The van der Waals surface area contributed by atoms with E-state index in [9.17, 15) is 4.79 Å². The van der Waals surface area contributed by atoms with Gasteiger partial charge in [-0.1, -0.05) is 29.8 Å². The van der Waals surface area contributed by atoms with Crippen LogP contribution in [-0.4, -0.2) is 13.0 Å². The van der Waals surface area contributed by atoms with Crippen LogP contribution in [0.15, 0.2) is 42.5 Å². The maximum Gasteiger partial charge on any atom is 0.228 e. The smallest absolute Gasteiger partial charge is 0.228 e. The van der Waals surface area contributed by atoms with E-state index in [1.165, 1.54) is 7.11 Å². The van der Waals surface area contributed by atoms with E-state index >= 15 is 0 Å². The Morgan fingerprint density at radius 1 is 1.29 bits per heavy atom. The van der Waals surface area contributed by atoms with Crippen LogP contribution < -0.4 is 10.1 Å². The van der Waals surface area contributed by atoms with E-state index in [0.717, 1.165) is 11.1 Å². The summed E-state index contributed by atoms with van der Waals surface area (Å²) in [5.41, 5.74) is 3.13. The molecule has 2 aromatic carbocycles. The molecule has 1 amide bonds. The van der Waals surface area contributed by atoms with Gasteiger partial charge in [-0.05, 0) is 24.6 Å². The Bertz CT molecular complexity index is 702. The van der Waals surface area contributed by atoms with Gasteiger partial charge in [0, 0.05) is 6.07 Å². The Balaban J connectivity index is 2.11. The number of carbonyl (C=O) groups is 1. The van der Waals surface area contributed by atoms with E-state index < -0.39 is 0 Å². The molecule has 0 atom stereocenters. The van der Waals surface area contributed by atoms with Gasteiger partial charge in [0.2, 0.25) is 5.91 Å². The maximum atomic E-state index is 12.1. The first-order valence-electron chi connectivity index (χ1n) is 6.56. The van der Waals surface area contributed by atoms with Crippen LogP contribution in [0.2, 0.25) is 0 Å². The summed E-state index contributed by atoms with van der Waals surface area (Å²) < 4.78 is 5.19. The lowest BCUT2D eigenvalue weighted by Gasteiger charge is -2.10. The van der Waals surface area contributed by atoms with Crippen molar-refractivity contribution in [2.24, 2.45) is 0 Å². The molecule has 2 rings (SSSR count). The Hall–Kier alpha value is -2.80.